The lowest BCUT2D eigenvalue weighted by molar-refractivity contribution is 0.0736. The molecule has 1 heterocycles. The molecule has 0 saturated heterocycles. The zero-order valence-electron chi connectivity index (χ0n) is 9.39. The molecule has 0 aliphatic heterocycles. The Morgan fingerprint density at radius 3 is 2.75 bits per heavy atom. The van der Waals surface area contributed by atoms with Crippen LogP contribution < -0.4 is 5.73 Å². The van der Waals surface area contributed by atoms with Gasteiger partial charge < -0.3 is 10.6 Å². The molecule has 1 aromatic rings. The number of carbonyl (C=O) groups excluding carboxylic acids is 1. The number of carbonyl (C=O) groups is 1. The Bertz CT molecular complexity index is 372. The number of nitrogens with two attached hydrogens (primary N) is 1. The smallest absolute Gasteiger partial charge is 0.274 e. The van der Waals surface area contributed by atoms with Gasteiger partial charge in [-0.05, 0) is 31.4 Å². The number of anilines is 1. The summed E-state index contributed by atoms with van der Waals surface area (Å²) in [5.41, 5.74) is 5.82. The normalized spacial score (nSPS) is 14.8. The van der Waals surface area contributed by atoms with E-state index in [1.807, 2.05) is 4.90 Å². The third-order valence-corrected chi connectivity index (χ3v) is 2.62. The monoisotopic (exact) mass is 220 g/mol. The van der Waals surface area contributed by atoms with E-state index in [1.165, 1.54) is 0 Å². The molecule has 0 bridgehead atoms. The second kappa shape index (κ2) is 4.47. The molecule has 0 atom stereocenters. The van der Waals surface area contributed by atoms with Crippen molar-refractivity contribution in [2.75, 3.05) is 12.3 Å². The van der Waals surface area contributed by atoms with Gasteiger partial charge in [-0.1, -0.05) is 6.92 Å². The van der Waals surface area contributed by atoms with Gasteiger partial charge in [0.25, 0.3) is 5.91 Å². The molecule has 1 aromatic heterocycles. The fraction of sp³-hybridized carbons (Fsp3) is 0.545. The maximum absolute atomic E-state index is 12.1. The fourth-order valence-electron chi connectivity index (χ4n) is 1.68. The van der Waals surface area contributed by atoms with Gasteiger partial charge in [0.2, 0.25) is 0 Å². The van der Waals surface area contributed by atoms with Gasteiger partial charge in [-0.25, -0.2) is 0 Å². The first-order valence-electron chi connectivity index (χ1n) is 5.62. The van der Waals surface area contributed by atoms with Crippen molar-refractivity contribution >= 4 is 11.7 Å². The summed E-state index contributed by atoms with van der Waals surface area (Å²) < 4.78 is 0. The molecule has 0 radical (unpaired) electrons. The molecule has 0 unspecified atom stereocenters. The molecular formula is C11H16N4O. The van der Waals surface area contributed by atoms with E-state index in [-0.39, 0.29) is 5.91 Å². The van der Waals surface area contributed by atoms with Crippen LogP contribution in [0.3, 0.4) is 0 Å². The van der Waals surface area contributed by atoms with Crippen molar-refractivity contribution in [3.8, 4) is 0 Å². The van der Waals surface area contributed by atoms with Crippen LogP contribution in [0.1, 0.15) is 36.7 Å². The molecule has 2 N–H and O–H groups in total. The molecule has 2 rings (SSSR count). The first-order valence-corrected chi connectivity index (χ1v) is 5.62. The molecule has 1 saturated carbocycles. The molecule has 1 aliphatic carbocycles. The number of nitrogens with zero attached hydrogens (tertiary/aromatic N) is 3. The van der Waals surface area contributed by atoms with Crippen molar-refractivity contribution in [2.45, 2.75) is 32.2 Å². The van der Waals surface area contributed by atoms with Crippen molar-refractivity contribution < 1.29 is 4.79 Å². The Labute approximate surface area is 94.6 Å². The lowest BCUT2D eigenvalue weighted by atomic mass is 10.3. The van der Waals surface area contributed by atoms with E-state index in [2.05, 4.69) is 17.1 Å². The molecule has 5 nitrogen and oxygen atoms in total. The Balaban J connectivity index is 2.12. The van der Waals surface area contributed by atoms with Gasteiger partial charge in [0, 0.05) is 12.6 Å². The number of hydrogen-bond acceptors (Lipinski definition) is 4. The van der Waals surface area contributed by atoms with Gasteiger partial charge in [0.15, 0.2) is 5.69 Å². The van der Waals surface area contributed by atoms with Crippen LogP contribution in [-0.4, -0.2) is 33.6 Å². The summed E-state index contributed by atoms with van der Waals surface area (Å²) in [5.74, 6) is 0.307. The molecule has 1 fully saturated rings. The Morgan fingerprint density at radius 2 is 2.25 bits per heavy atom. The van der Waals surface area contributed by atoms with Crippen LogP contribution in [-0.2, 0) is 0 Å². The highest BCUT2D eigenvalue weighted by atomic mass is 16.2. The third kappa shape index (κ3) is 2.29. The zero-order chi connectivity index (χ0) is 11.5. The average Bonchev–Trinajstić information content (AvgIpc) is 3.10. The highest BCUT2D eigenvalue weighted by Crippen LogP contribution is 2.28. The molecule has 1 aliphatic rings. The molecule has 0 aromatic carbocycles. The van der Waals surface area contributed by atoms with Crippen molar-refractivity contribution in [1.82, 2.24) is 15.1 Å². The van der Waals surface area contributed by atoms with E-state index in [4.69, 9.17) is 5.73 Å². The topological polar surface area (TPSA) is 72.1 Å². The minimum absolute atomic E-state index is 0.0307. The summed E-state index contributed by atoms with van der Waals surface area (Å²) in [7, 11) is 0. The number of rotatable bonds is 4. The Kier molecular flexibility index (Phi) is 3.03. The van der Waals surface area contributed by atoms with Crippen LogP contribution in [0.5, 0.6) is 0 Å². The summed E-state index contributed by atoms with van der Waals surface area (Å²) in [6, 6.07) is 3.65. The summed E-state index contributed by atoms with van der Waals surface area (Å²) in [6.45, 7) is 2.85. The largest absolute Gasteiger partial charge is 0.382 e. The van der Waals surface area contributed by atoms with E-state index in [0.29, 0.717) is 17.6 Å². The zero-order valence-corrected chi connectivity index (χ0v) is 9.39. The first kappa shape index (κ1) is 10.9. The van der Waals surface area contributed by atoms with Crippen LogP contribution >= 0.6 is 0 Å². The minimum Gasteiger partial charge on any atom is -0.382 e. The molecule has 5 heteroatoms. The molecule has 86 valence electrons. The second-order valence-electron chi connectivity index (χ2n) is 4.07. The predicted molar refractivity (Wildman–Crippen MR) is 60.8 cm³/mol. The van der Waals surface area contributed by atoms with E-state index < -0.39 is 0 Å². The lowest BCUT2D eigenvalue weighted by Crippen LogP contribution is -2.34. The van der Waals surface area contributed by atoms with Gasteiger partial charge in [-0.3, -0.25) is 4.79 Å². The van der Waals surface area contributed by atoms with Gasteiger partial charge in [-0.2, -0.15) is 0 Å². The van der Waals surface area contributed by atoms with Crippen molar-refractivity contribution in [1.29, 1.82) is 0 Å². The number of nitrogen functional groups attached to an aromatic ring is 1. The summed E-state index contributed by atoms with van der Waals surface area (Å²) in [5, 5.41) is 7.53. The van der Waals surface area contributed by atoms with Gasteiger partial charge in [-0.15, -0.1) is 10.2 Å². The second-order valence-corrected chi connectivity index (χ2v) is 4.07. The fourth-order valence-corrected chi connectivity index (χ4v) is 1.68. The van der Waals surface area contributed by atoms with Crippen LogP contribution in [0.2, 0.25) is 0 Å². The summed E-state index contributed by atoms with van der Waals surface area (Å²) in [6.07, 6.45) is 3.17. The Hall–Kier alpha value is -1.65. The van der Waals surface area contributed by atoms with E-state index in [9.17, 15) is 4.79 Å². The molecule has 1 amide bonds. The average molecular weight is 220 g/mol. The molecular weight excluding hydrogens is 204 g/mol. The van der Waals surface area contributed by atoms with Crippen LogP contribution in [0.4, 0.5) is 5.82 Å². The first-order chi connectivity index (χ1) is 7.72. The molecule has 16 heavy (non-hydrogen) atoms. The van der Waals surface area contributed by atoms with E-state index >= 15 is 0 Å². The van der Waals surface area contributed by atoms with E-state index in [0.717, 1.165) is 25.8 Å². The summed E-state index contributed by atoms with van der Waals surface area (Å²) >= 11 is 0. The maximum atomic E-state index is 12.1. The van der Waals surface area contributed by atoms with Crippen molar-refractivity contribution in [2.24, 2.45) is 0 Å². The predicted octanol–water partition coefficient (Wildman–Crippen LogP) is 1.07. The lowest BCUT2D eigenvalue weighted by Gasteiger charge is -2.20. The minimum atomic E-state index is -0.0307. The van der Waals surface area contributed by atoms with Crippen molar-refractivity contribution in [3.63, 3.8) is 0 Å². The number of amides is 1. The van der Waals surface area contributed by atoms with Gasteiger partial charge >= 0.3 is 0 Å². The SMILES string of the molecule is CCCN(C(=O)c1ccc(N)nn1)C1CC1. The number of aromatic nitrogens is 2. The van der Waals surface area contributed by atoms with Crippen LogP contribution in [0.15, 0.2) is 12.1 Å². The van der Waals surface area contributed by atoms with Gasteiger partial charge in [0.1, 0.15) is 5.82 Å². The quantitative estimate of drug-likeness (QED) is 0.824. The Morgan fingerprint density at radius 1 is 1.50 bits per heavy atom. The van der Waals surface area contributed by atoms with E-state index in [1.54, 1.807) is 12.1 Å². The summed E-state index contributed by atoms with van der Waals surface area (Å²) in [4.78, 5) is 14.0. The highest BCUT2D eigenvalue weighted by molar-refractivity contribution is 5.92. The molecule has 0 spiro atoms. The number of hydrogen-bond donors (Lipinski definition) is 1. The standard InChI is InChI=1S/C11H16N4O/c1-2-7-15(8-3-4-8)11(16)9-5-6-10(12)14-13-9/h5-6,8H,2-4,7H2,1H3,(H2,12,14). The third-order valence-electron chi connectivity index (χ3n) is 2.62. The van der Waals surface area contributed by atoms with Crippen molar-refractivity contribution in [3.05, 3.63) is 17.8 Å². The van der Waals surface area contributed by atoms with Gasteiger partial charge in [0.05, 0.1) is 0 Å². The van der Waals surface area contributed by atoms with Crippen LogP contribution in [0.25, 0.3) is 0 Å². The maximum Gasteiger partial charge on any atom is 0.274 e. The van der Waals surface area contributed by atoms with Crippen LogP contribution in [0, 0.1) is 0 Å². The highest BCUT2D eigenvalue weighted by Gasteiger charge is 2.32.